The highest BCUT2D eigenvalue weighted by Crippen LogP contribution is 2.35. The summed E-state index contributed by atoms with van der Waals surface area (Å²) in [5.41, 5.74) is 1.03. The molecular formula is C28H31N3O7S2. The molecule has 2 aliphatic rings. The van der Waals surface area contributed by atoms with E-state index in [9.17, 15) is 21.6 Å². The predicted octanol–water partition coefficient (Wildman–Crippen LogP) is 2.76. The molecule has 2 aliphatic heterocycles. The van der Waals surface area contributed by atoms with E-state index in [0.29, 0.717) is 35.8 Å². The van der Waals surface area contributed by atoms with Gasteiger partial charge in [0.25, 0.3) is 5.91 Å². The molecule has 12 heteroatoms. The van der Waals surface area contributed by atoms with E-state index in [1.165, 1.54) is 20.7 Å². The summed E-state index contributed by atoms with van der Waals surface area (Å²) in [7, 11) is -7.29. The standard InChI is InChI=1S/C28H31N3O7S2/c32-28(29-16-19-37-23-12-14-24(15-13-23)40(35,36)30-17-6-7-18-30)27-20-31(25-10-4-5-11-26(25)38-27)39(33,34)21-22-8-2-1-3-9-22/h1-5,8-15,27H,6-7,16-21H2,(H,29,32). The van der Waals surface area contributed by atoms with Crippen LogP contribution in [0.25, 0.3) is 0 Å². The number of nitrogens with one attached hydrogen (secondary N) is 1. The number of fused-ring (bicyclic) bond motifs is 1. The van der Waals surface area contributed by atoms with Crippen LogP contribution in [0.3, 0.4) is 0 Å². The van der Waals surface area contributed by atoms with E-state index in [2.05, 4.69) is 5.32 Å². The fourth-order valence-corrected chi connectivity index (χ4v) is 7.81. The highest BCUT2D eigenvalue weighted by molar-refractivity contribution is 7.92. The quantitative estimate of drug-likeness (QED) is 0.363. The van der Waals surface area contributed by atoms with Crippen LogP contribution in [0.15, 0.2) is 83.8 Å². The van der Waals surface area contributed by atoms with Crippen LogP contribution in [0, 0.1) is 0 Å². The highest BCUT2D eigenvalue weighted by atomic mass is 32.2. The van der Waals surface area contributed by atoms with E-state index < -0.39 is 32.1 Å². The maximum absolute atomic E-state index is 13.3. The number of carbonyl (C=O) groups is 1. The molecule has 1 fully saturated rings. The monoisotopic (exact) mass is 585 g/mol. The Hall–Kier alpha value is -3.61. The van der Waals surface area contributed by atoms with E-state index in [1.807, 2.05) is 6.07 Å². The van der Waals surface area contributed by atoms with Crippen molar-refractivity contribution in [2.24, 2.45) is 0 Å². The smallest absolute Gasteiger partial charge is 0.263 e. The molecule has 3 aromatic carbocycles. The Morgan fingerprint density at radius 1 is 0.900 bits per heavy atom. The largest absolute Gasteiger partial charge is 0.492 e. The van der Waals surface area contributed by atoms with Crippen molar-refractivity contribution in [1.29, 1.82) is 0 Å². The van der Waals surface area contributed by atoms with Gasteiger partial charge >= 0.3 is 0 Å². The molecule has 0 saturated carbocycles. The molecule has 2 heterocycles. The molecule has 1 amide bonds. The van der Waals surface area contributed by atoms with Gasteiger partial charge in [0.05, 0.1) is 29.4 Å². The van der Waals surface area contributed by atoms with Crippen molar-refractivity contribution in [2.45, 2.75) is 29.6 Å². The van der Waals surface area contributed by atoms with Crippen molar-refractivity contribution in [3.05, 3.63) is 84.4 Å². The second kappa shape index (κ2) is 11.9. The molecule has 1 unspecified atom stereocenters. The molecule has 0 aromatic heterocycles. The number of sulfonamides is 2. The van der Waals surface area contributed by atoms with Gasteiger partial charge in [0.2, 0.25) is 20.0 Å². The summed E-state index contributed by atoms with van der Waals surface area (Å²) in [5.74, 6) is 0.106. The maximum atomic E-state index is 13.3. The predicted molar refractivity (Wildman–Crippen MR) is 150 cm³/mol. The Kier molecular flexibility index (Phi) is 8.29. The summed E-state index contributed by atoms with van der Waals surface area (Å²) < 4.78 is 66.3. The van der Waals surface area contributed by atoms with Crippen LogP contribution in [-0.4, -0.2) is 65.9 Å². The Morgan fingerprint density at radius 3 is 2.30 bits per heavy atom. The first-order valence-corrected chi connectivity index (χ1v) is 16.1. The maximum Gasteiger partial charge on any atom is 0.263 e. The summed E-state index contributed by atoms with van der Waals surface area (Å²) in [6.45, 7) is 1.18. The molecule has 0 aliphatic carbocycles. The molecule has 10 nitrogen and oxygen atoms in total. The lowest BCUT2D eigenvalue weighted by Gasteiger charge is -2.34. The third-order valence-corrected chi connectivity index (χ3v) is 10.4. The average Bonchev–Trinajstić information content (AvgIpc) is 3.51. The summed E-state index contributed by atoms with van der Waals surface area (Å²) in [4.78, 5) is 13.2. The van der Waals surface area contributed by atoms with Crippen LogP contribution in [0.4, 0.5) is 5.69 Å². The number of ether oxygens (including phenoxy) is 2. The minimum atomic E-state index is -3.79. The molecule has 1 N–H and O–H groups in total. The van der Waals surface area contributed by atoms with Crippen LogP contribution in [0.5, 0.6) is 11.5 Å². The zero-order chi connectivity index (χ0) is 28.2. The summed E-state index contributed by atoms with van der Waals surface area (Å²) in [6, 6.07) is 21.8. The van der Waals surface area contributed by atoms with Crippen LogP contribution < -0.4 is 19.1 Å². The zero-order valence-corrected chi connectivity index (χ0v) is 23.4. The second-order valence-corrected chi connectivity index (χ2v) is 13.4. The lowest BCUT2D eigenvalue weighted by Crippen LogP contribution is -2.51. The number of rotatable bonds is 10. The van der Waals surface area contributed by atoms with Crippen LogP contribution in [0.2, 0.25) is 0 Å². The molecule has 5 rings (SSSR count). The topological polar surface area (TPSA) is 122 Å². The Morgan fingerprint density at radius 2 is 1.57 bits per heavy atom. The van der Waals surface area contributed by atoms with Gasteiger partial charge in [0, 0.05) is 13.1 Å². The molecule has 1 atom stereocenters. The first-order valence-electron chi connectivity index (χ1n) is 13.0. The van der Waals surface area contributed by atoms with Gasteiger partial charge in [-0.1, -0.05) is 42.5 Å². The van der Waals surface area contributed by atoms with E-state index in [-0.39, 0.29) is 30.3 Å². The summed E-state index contributed by atoms with van der Waals surface area (Å²) >= 11 is 0. The van der Waals surface area contributed by atoms with E-state index >= 15 is 0 Å². The van der Waals surface area contributed by atoms with Crippen molar-refractivity contribution < 1.29 is 31.1 Å². The number of benzene rings is 3. The zero-order valence-electron chi connectivity index (χ0n) is 21.8. The van der Waals surface area contributed by atoms with Crippen molar-refractivity contribution in [1.82, 2.24) is 9.62 Å². The number of carbonyl (C=O) groups excluding carboxylic acids is 1. The SMILES string of the molecule is O=C(NCCOc1ccc(S(=O)(=O)N2CCCC2)cc1)C1CN(S(=O)(=O)Cc2ccccc2)c2ccccc2O1. The third kappa shape index (κ3) is 6.24. The first kappa shape index (κ1) is 27.9. The molecule has 3 aromatic rings. The number of amides is 1. The molecule has 0 radical (unpaired) electrons. The molecule has 0 bridgehead atoms. The van der Waals surface area contributed by atoms with Crippen molar-refractivity contribution >= 4 is 31.6 Å². The fraction of sp³-hybridized carbons (Fsp3) is 0.321. The number of anilines is 1. The first-order chi connectivity index (χ1) is 19.2. The molecule has 1 saturated heterocycles. The Labute approximate surface area is 234 Å². The van der Waals surface area contributed by atoms with E-state index in [0.717, 1.165) is 12.8 Å². The molecule has 40 heavy (non-hydrogen) atoms. The van der Waals surface area contributed by atoms with Gasteiger partial charge in [-0.15, -0.1) is 0 Å². The van der Waals surface area contributed by atoms with Gasteiger partial charge in [0.1, 0.15) is 18.1 Å². The summed E-state index contributed by atoms with van der Waals surface area (Å²) in [6.07, 6.45) is 0.688. The minimum absolute atomic E-state index is 0.128. The highest BCUT2D eigenvalue weighted by Gasteiger charge is 2.36. The van der Waals surface area contributed by atoms with Gasteiger partial charge in [-0.3, -0.25) is 9.10 Å². The van der Waals surface area contributed by atoms with E-state index in [4.69, 9.17) is 9.47 Å². The second-order valence-electron chi connectivity index (χ2n) is 9.57. The molecule has 212 valence electrons. The number of hydrogen-bond donors (Lipinski definition) is 1. The van der Waals surface area contributed by atoms with Gasteiger partial charge in [-0.25, -0.2) is 16.8 Å². The lowest BCUT2D eigenvalue weighted by molar-refractivity contribution is -0.127. The van der Waals surface area contributed by atoms with Gasteiger partial charge in [0.15, 0.2) is 6.10 Å². The summed E-state index contributed by atoms with van der Waals surface area (Å²) in [5, 5.41) is 2.73. The normalized spacial score (nSPS) is 17.6. The molecular weight excluding hydrogens is 554 g/mol. The van der Waals surface area contributed by atoms with Crippen molar-refractivity contribution in [3.8, 4) is 11.5 Å². The third-order valence-electron chi connectivity index (χ3n) is 6.75. The van der Waals surface area contributed by atoms with Crippen LogP contribution in [-0.2, 0) is 30.6 Å². The van der Waals surface area contributed by atoms with Gasteiger partial charge in [-0.2, -0.15) is 4.31 Å². The van der Waals surface area contributed by atoms with Gasteiger partial charge < -0.3 is 14.8 Å². The number of nitrogens with zero attached hydrogens (tertiary/aromatic N) is 2. The number of para-hydroxylation sites is 2. The van der Waals surface area contributed by atoms with Crippen LogP contribution in [0.1, 0.15) is 18.4 Å². The lowest BCUT2D eigenvalue weighted by atomic mass is 10.2. The Bertz CT molecular complexity index is 1540. The average molecular weight is 586 g/mol. The Balaban J connectivity index is 1.17. The van der Waals surface area contributed by atoms with Crippen LogP contribution >= 0.6 is 0 Å². The van der Waals surface area contributed by atoms with Gasteiger partial charge in [-0.05, 0) is 54.8 Å². The van der Waals surface area contributed by atoms with Crippen molar-refractivity contribution in [2.75, 3.05) is 37.1 Å². The van der Waals surface area contributed by atoms with E-state index in [1.54, 1.807) is 60.7 Å². The minimum Gasteiger partial charge on any atom is -0.492 e. The van der Waals surface area contributed by atoms with Crippen molar-refractivity contribution in [3.63, 3.8) is 0 Å². The molecule has 0 spiro atoms. The number of hydrogen-bond acceptors (Lipinski definition) is 7. The fourth-order valence-electron chi connectivity index (χ4n) is 4.71.